The summed E-state index contributed by atoms with van der Waals surface area (Å²) in [6.07, 6.45) is 6.12. The van der Waals surface area contributed by atoms with E-state index in [0.29, 0.717) is 6.04 Å². The molecule has 2 aliphatic heterocycles. The van der Waals surface area contributed by atoms with Crippen molar-refractivity contribution >= 4 is 5.96 Å². The first-order chi connectivity index (χ1) is 6.77. The van der Waals surface area contributed by atoms with Gasteiger partial charge in [-0.2, -0.15) is 0 Å². The second kappa shape index (κ2) is 4.00. The van der Waals surface area contributed by atoms with Crippen molar-refractivity contribution in [2.45, 2.75) is 18.9 Å². The molecule has 0 aliphatic carbocycles. The van der Waals surface area contributed by atoms with Crippen molar-refractivity contribution in [3.05, 3.63) is 12.3 Å². The summed E-state index contributed by atoms with van der Waals surface area (Å²) < 4.78 is 0. The fourth-order valence-electron chi connectivity index (χ4n) is 1.93. The van der Waals surface area contributed by atoms with Crippen molar-refractivity contribution in [2.24, 2.45) is 10.7 Å². The Hall–Kier alpha value is -1.03. The van der Waals surface area contributed by atoms with E-state index in [4.69, 9.17) is 5.73 Å². The first-order valence-corrected chi connectivity index (χ1v) is 5.22. The summed E-state index contributed by atoms with van der Waals surface area (Å²) in [5.74, 6) is 1.10. The molecule has 4 nitrogen and oxygen atoms in total. The van der Waals surface area contributed by atoms with Gasteiger partial charge in [-0.3, -0.25) is 0 Å². The molecule has 0 spiro atoms. The molecule has 0 aromatic carbocycles. The van der Waals surface area contributed by atoms with E-state index in [1.165, 1.54) is 0 Å². The highest BCUT2D eigenvalue weighted by molar-refractivity contribution is 5.81. The van der Waals surface area contributed by atoms with Crippen LogP contribution in [0.2, 0.25) is 0 Å². The molecule has 2 heterocycles. The van der Waals surface area contributed by atoms with Crippen LogP contribution in [0.1, 0.15) is 12.8 Å². The van der Waals surface area contributed by atoms with Gasteiger partial charge in [0.1, 0.15) is 0 Å². The zero-order valence-electron chi connectivity index (χ0n) is 8.69. The Balaban J connectivity index is 2.00. The minimum absolute atomic E-state index is 0.385. The van der Waals surface area contributed by atoms with E-state index in [-0.39, 0.29) is 0 Å². The third-order valence-electron chi connectivity index (χ3n) is 2.84. The van der Waals surface area contributed by atoms with Crippen molar-refractivity contribution < 1.29 is 0 Å². The van der Waals surface area contributed by atoms with Crippen LogP contribution in [0.4, 0.5) is 0 Å². The fraction of sp³-hybridized carbons (Fsp3) is 0.700. The number of nitrogens with two attached hydrogens (primary N) is 1. The highest BCUT2D eigenvalue weighted by Gasteiger charge is 2.21. The number of likely N-dealkylation sites (tertiary alicyclic amines) is 1. The Morgan fingerprint density at radius 1 is 1.43 bits per heavy atom. The molecule has 1 saturated heterocycles. The lowest BCUT2D eigenvalue weighted by Crippen LogP contribution is -2.49. The molecule has 0 unspecified atom stereocenters. The zero-order chi connectivity index (χ0) is 9.97. The molecule has 2 N–H and O–H groups in total. The average Bonchev–Trinajstić information content (AvgIpc) is 2.20. The molecule has 2 aliphatic rings. The van der Waals surface area contributed by atoms with Gasteiger partial charge in [0, 0.05) is 38.9 Å². The Morgan fingerprint density at radius 3 is 2.79 bits per heavy atom. The van der Waals surface area contributed by atoms with E-state index in [1.54, 1.807) is 0 Å². The topological polar surface area (TPSA) is 44.9 Å². The summed E-state index contributed by atoms with van der Waals surface area (Å²) in [6.45, 7) is 3.04. The Labute approximate surface area is 85.1 Å². The predicted octanol–water partition coefficient (Wildman–Crippen LogP) is 0.225. The lowest BCUT2D eigenvalue weighted by Gasteiger charge is -2.36. The molecule has 0 bridgehead atoms. The lowest BCUT2D eigenvalue weighted by atomic mass is 10.1. The molecular weight excluding hydrogens is 176 g/mol. The smallest absolute Gasteiger partial charge is 0.201 e. The van der Waals surface area contributed by atoms with Gasteiger partial charge in [-0.25, -0.2) is 4.99 Å². The number of hydrogen-bond acceptors (Lipinski definition) is 4. The van der Waals surface area contributed by atoms with Crippen LogP contribution in [0, 0.1) is 0 Å². The average molecular weight is 194 g/mol. The van der Waals surface area contributed by atoms with Crippen LogP contribution in [0.25, 0.3) is 0 Å². The van der Waals surface area contributed by atoms with Gasteiger partial charge >= 0.3 is 0 Å². The maximum Gasteiger partial charge on any atom is 0.201 e. The van der Waals surface area contributed by atoms with E-state index >= 15 is 0 Å². The second-order valence-electron chi connectivity index (χ2n) is 4.02. The molecule has 0 aromatic heterocycles. The Kier molecular flexibility index (Phi) is 2.72. The summed E-state index contributed by atoms with van der Waals surface area (Å²) >= 11 is 0. The Bertz CT molecular complexity index is 251. The number of rotatable bonds is 0. The molecule has 0 aromatic rings. The molecule has 78 valence electrons. The summed E-state index contributed by atoms with van der Waals surface area (Å²) in [5, 5.41) is 0. The van der Waals surface area contributed by atoms with Gasteiger partial charge in [-0.1, -0.05) is 0 Å². The first kappa shape index (κ1) is 9.52. The van der Waals surface area contributed by atoms with Crippen LogP contribution in [-0.4, -0.2) is 48.5 Å². The van der Waals surface area contributed by atoms with E-state index in [2.05, 4.69) is 27.9 Å². The summed E-state index contributed by atoms with van der Waals surface area (Å²) in [5.41, 5.74) is 5.87. The van der Waals surface area contributed by atoms with Crippen LogP contribution in [0.15, 0.2) is 17.3 Å². The van der Waals surface area contributed by atoms with Crippen LogP contribution in [-0.2, 0) is 0 Å². The molecule has 4 heteroatoms. The number of aliphatic imine (C=N–C) groups is 1. The molecule has 1 fully saturated rings. The van der Waals surface area contributed by atoms with Crippen LogP contribution in [0.5, 0.6) is 0 Å². The quantitative estimate of drug-likeness (QED) is 0.600. The second-order valence-corrected chi connectivity index (χ2v) is 4.02. The molecule has 0 amide bonds. The van der Waals surface area contributed by atoms with Gasteiger partial charge in [-0.05, 0) is 18.9 Å². The van der Waals surface area contributed by atoms with Crippen LogP contribution in [0.3, 0.4) is 0 Å². The van der Waals surface area contributed by atoms with Gasteiger partial charge in [0.25, 0.3) is 0 Å². The summed E-state index contributed by atoms with van der Waals surface area (Å²) in [6, 6.07) is 0.385. The van der Waals surface area contributed by atoms with Crippen molar-refractivity contribution in [1.29, 1.82) is 0 Å². The van der Waals surface area contributed by atoms with Gasteiger partial charge in [0.2, 0.25) is 5.96 Å². The highest BCUT2D eigenvalue weighted by Crippen LogP contribution is 2.11. The van der Waals surface area contributed by atoms with Gasteiger partial charge < -0.3 is 15.5 Å². The SMILES string of the molecule is CN1CC=CN=C1N1CCC(N)CC1. The van der Waals surface area contributed by atoms with E-state index in [9.17, 15) is 0 Å². The van der Waals surface area contributed by atoms with Crippen molar-refractivity contribution in [3.63, 3.8) is 0 Å². The fourth-order valence-corrected chi connectivity index (χ4v) is 1.93. The number of piperidine rings is 1. The minimum Gasteiger partial charge on any atom is -0.342 e. The third-order valence-corrected chi connectivity index (χ3v) is 2.84. The van der Waals surface area contributed by atoms with Crippen molar-refractivity contribution in [1.82, 2.24) is 9.80 Å². The maximum atomic E-state index is 5.87. The zero-order valence-corrected chi connectivity index (χ0v) is 8.69. The van der Waals surface area contributed by atoms with Crippen LogP contribution < -0.4 is 5.73 Å². The van der Waals surface area contributed by atoms with E-state index in [1.807, 2.05) is 6.20 Å². The van der Waals surface area contributed by atoms with Gasteiger partial charge in [0.05, 0.1) is 0 Å². The normalized spacial score (nSPS) is 24.0. The molecular formula is C10H18N4. The Morgan fingerprint density at radius 2 is 2.14 bits per heavy atom. The van der Waals surface area contributed by atoms with Crippen molar-refractivity contribution in [3.8, 4) is 0 Å². The maximum absolute atomic E-state index is 5.87. The third kappa shape index (κ3) is 1.90. The number of nitrogens with zero attached hydrogens (tertiary/aromatic N) is 3. The van der Waals surface area contributed by atoms with Gasteiger partial charge in [-0.15, -0.1) is 0 Å². The van der Waals surface area contributed by atoms with E-state index in [0.717, 1.165) is 38.4 Å². The number of guanidine groups is 1. The van der Waals surface area contributed by atoms with Crippen LogP contribution >= 0.6 is 0 Å². The monoisotopic (exact) mass is 194 g/mol. The molecule has 0 atom stereocenters. The molecule has 2 rings (SSSR count). The number of hydrogen-bond donors (Lipinski definition) is 1. The predicted molar refractivity (Wildman–Crippen MR) is 58.0 cm³/mol. The first-order valence-electron chi connectivity index (χ1n) is 5.22. The largest absolute Gasteiger partial charge is 0.342 e. The molecule has 0 radical (unpaired) electrons. The highest BCUT2D eigenvalue weighted by atomic mass is 15.4. The molecule has 14 heavy (non-hydrogen) atoms. The minimum atomic E-state index is 0.385. The van der Waals surface area contributed by atoms with Crippen molar-refractivity contribution in [2.75, 3.05) is 26.7 Å². The summed E-state index contributed by atoms with van der Waals surface area (Å²) in [7, 11) is 2.08. The lowest BCUT2D eigenvalue weighted by molar-refractivity contribution is 0.281. The number of likely N-dealkylation sites (N-methyl/N-ethyl adjacent to an activating group) is 1. The summed E-state index contributed by atoms with van der Waals surface area (Å²) in [4.78, 5) is 8.91. The van der Waals surface area contributed by atoms with Gasteiger partial charge in [0.15, 0.2) is 0 Å². The standard InChI is InChI=1S/C10H18N4/c1-13-6-2-5-12-10(13)14-7-3-9(11)4-8-14/h2,5,9H,3-4,6-8,11H2,1H3. The van der Waals surface area contributed by atoms with E-state index < -0.39 is 0 Å². The molecule has 0 saturated carbocycles.